The van der Waals surface area contributed by atoms with Gasteiger partial charge in [-0.15, -0.1) is 0 Å². The number of rotatable bonds is 8. The Bertz CT molecular complexity index is 2870. The van der Waals surface area contributed by atoms with Crippen molar-refractivity contribution in [3.63, 3.8) is 0 Å². The van der Waals surface area contributed by atoms with Crippen LogP contribution < -0.4 is 4.90 Å². The first-order valence-electron chi connectivity index (χ1n) is 19.2. The molecular formula is C54H38N2. The summed E-state index contributed by atoms with van der Waals surface area (Å²) in [6.45, 7) is 0. The van der Waals surface area contributed by atoms with E-state index in [0.29, 0.717) is 0 Å². The second-order valence-corrected chi connectivity index (χ2v) is 14.2. The molecule has 264 valence electrons. The lowest BCUT2D eigenvalue weighted by molar-refractivity contribution is 1.18. The van der Waals surface area contributed by atoms with Gasteiger partial charge < -0.3 is 9.47 Å². The molecule has 0 bridgehead atoms. The minimum Gasteiger partial charge on any atom is -0.311 e. The normalized spacial score (nSPS) is 11.2. The Kier molecular flexibility index (Phi) is 8.55. The molecule has 0 aliphatic rings. The summed E-state index contributed by atoms with van der Waals surface area (Å²) >= 11 is 0. The second kappa shape index (κ2) is 14.4. The van der Waals surface area contributed by atoms with Crippen LogP contribution in [-0.2, 0) is 0 Å². The molecule has 0 fully saturated rings. The predicted molar refractivity (Wildman–Crippen MR) is 237 cm³/mol. The van der Waals surface area contributed by atoms with Crippen LogP contribution in [0.2, 0.25) is 0 Å². The number of nitrogens with zero attached hydrogens (tertiary/aromatic N) is 2. The highest BCUT2D eigenvalue weighted by Gasteiger charge is 2.17. The van der Waals surface area contributed by atoms with Crippen LogP contribution in [0.5, 0.6) is 0 Å². The van der Waals surface area contributed by atoms with E-state index in [2.05, 4.69) is 240 Å². The summed E-state index contributed by atoms with van der Waals surface area (Å²) in [6, 6.07) is 83.0. The van der Waals surface area contributed by atoms with Crippen LogP contribution >= 0.6 is 0 Å². The minimum atomic E-state index is 1.09. The Morgan fingerprint density at radius 1 is 0.268 bits per heavy atom. The quantitative estimate of drug-likeness (QED) is 0.152. The number of para-hydroxylation sites is 3. The Morgan fingerprint density at radius 2 is 0.643 bits per heavy atom. The van der Waals surface area contributed by atoms with Gasteiger partial charge in [-0.2, -0.15) is 0 Å². The van der Waals surface area contributed by atoms with Crippen molar-refractivity contribution in [3.05, 3.63) is 231 Å². The molecule has 1 aromatic heterocycles. The van der Waals surface area contributed by atoms with E-state index in [1.165, 1.54) is 66.3 Å². The minimum absolute atomic E-state index is 1.09. The van der Waals surface area contributed by atoms with Crippen LogP contribution in [0.25, 0.3) is 72.0 Å². The second-order valence-electron chi connectivity index (χ2n) is 14.2. The lowest BCUT2D eigenvalue weighted by Gasteiger charge is -2.26. The van der Waals surface area contributed by atoms with Crippen LogP contribution in [-0.4, -0.2) is 4.57 Å². The number of fused-ring (bicyclic) bond motifs is 3. The van der Waals surface area contributed by atoms with Gasteiger partial charge in [0.2, 0.25) is 0 Å². The number of anilines is 3. The van der Waals surface area contributed by atoms with Gasteiger partial charge in [-0.05, 0) is 99.6 Å². The van der Waals surface area contributed by atoms with Gasteiger partial charge in [0.15, 0.2) is 0 Å². The zero-order valence-electron chi connectivity index (χ0n) is 30.8. The molecule has 0 radical (unpaired) electrons. The van der Waals surface area contributed by atoms with Crippen LogP contribution in [0.15, 0.2) is 231 Å². The molecule has 0 unspecified atom stereocenters. The Labute approximate surface area is 327 Å². The summed E-state index contributed by atoms with van der Waals surface area (Å²) in [5.74, 6) is 0. The first-order valence-corrected chi connectivity index (χ1v) is 19.2. The predicted octanol–water partition coefficient (Wildman–Crippen LogP) is 14.9. The van der Waals surface area contributed by atoms with E-state index in [0.717, 1.165) is 22.7 Å². The van der Waals surface area contributed by atoms with Crippen molar-refractivity contribution >= 4 is 38.9 Å². The summed E-state index contributed by atoms with van der Waals surface area (Å²) < 4.78 is 2.41. The molecule has 0 aliphatic carbocycles. The summed E-state index contributed by atoms with van der Waals surface area (Å²) in [6.07, 6.45) is 0. The molecule has 10 aromatic rings. The van der Waals surface area contributed by atoms with E-state index in [1.807, 2.05) is 0 Å². The molecule has 2 heteroatoms. The number of aromatic nitrogens is 1. The lowest BCUT2D eigenvalue weighted by Crippen LogP contribution is -2.09. The van der Waals surface area contributed by atoms with E-state index in [1.54, 1.807) is 0 Å². The molecule has 0 amide bonds. The largest absolute Gasteiger partial charge is 0.311 e. The topological polar surface area (TPSA) is 8.17 Å². The molecule has 56 heavy (non-hydrogen) atoms. The Hall–Kier alpha value is -7.42. The third-order valence-corrected chi connectivity index (χ3v) is 10.8. The average molecular weight is 715 g/mol. The molecule has 1 heterocycles. The van der Waals surface area contributed by atoms with Crippen molar-refractivity contribution in [1.82, 2.24) is 4.57 Å². The summed E-state index contributed by atoms with van der Waals surface area (Å²) in [7, 11) is 0. The van der Waals surface area contributed by atoms with Gasteiger partial charge in [-0.3, -0.25) is 0 Å². The van der Waals surface area contributed by atoms with Gasteiger partial charge in [0.05, 0.1) is 16.7 Å². The monoisotopic (exact) mass is 714 g/mol. The average Bonchev–Trinajstić information content (AvgIpc) is 3.62. The smallest absolute Gasteiger partial charge is 0.0541 e. The molecule has 10 rings (SSSR count). The fourth-order valence-electron chi connectivity index (χ4n) is 8.08. The van der Waals surface area contributed by atoms with Crippen molar-refractivity contribution in [3.8, 4) is 50.2 Å². The molecule has 2 nitrogen and oxygen atoms in total. The summed E-state index contributed by atoms with van der Waals surface area (Å²) in [5, 5.41) is 2.52. The standard InChI is InChI=1S/C54H38N2/c1-3-14-39(15-4-1)41-26-32-46(33-27-41)55(47-34-28-42(29-35-47)45-19-13-18-44(38-45)40-16-5-2-6-17-40)48-36-30-43(31-37-48)49-20-7-10-23-52(49)56-53-24-11-8-21-50(53)51-22-9-12-25-54(51)56/h1-38H. The van der Waals surface area contributed by atoms with E-state index >= 15 is 0 Å². The molecule has 0 atom stereocenters. The number of hydrogen-bond donors (Lipinski definition) is 0. The van der Waals surface area contributed by atoms with Gasteiger partial charge in [-0.1, -0.05) is 170 Å². The molecule has 0 saturated carbocycles. The van der Waals surface area contributed by atoms with Gasteiger partial charge in [0.1, 0.15) is 0 Å². The first-order chi connectivity index (χ1) is 27.8. The highest BCUT2D eigenvalue weighted by molar-refractivity contribution is 6.09. The molecule has 0 spiro atoms. The molecule has 9 aromatic carbocycles. The Morgan fingerprint density at radius 3 is 1.18 bits per heavy atom. The highest BCUT2D eigenvalue weighted by Crippen LogP contribution is 2.40. The summed E-state index contributed by atoms with van der Waals surface area (Å²) in [5.41, 5.74) is 16.4. The third-order valence-electron chi connectivity index (χ3n) is 10.8. The van der Waals surface area contributed by atoms with E-state index in [-0.39, 0.29) is 0 Å². The van der Waals surface area contributed by atoms with Crippen molar-refractivity contribution in [2.24, 2.45) is 0 Å². The molecule has 0 N–H and O–H groups in total. The van der Waals surface area contributed by atoms with Gasteiger partial charge >= 0.3 is 0 Å². The molecule has 0 aliphatic heterocycles. The zero-order chi connectivity index (χ0) is 37.3. The maximum absolute atomic E-state index is 2.41. The van der Waals surface area contributed by atoms with E-state index in [9.17, 15) is 0 Å². The van der Waals surface area contributed by atoms with E-state index in [4.69, 9.17) is 0 Å². The van der Waals surface area contributed by atoms with Crippen molar-refractivity contribution < 1.29 is 0 Å². The third kappa shape index (κ3) is 6.14. The zero-order valence-corrected chi connectivity index (χ0v) is 30.8. The van der Waals surface area contributed by atoms with Crippen LogP contribution in [0, 0.1) is 0 Å². The van der Waals surface area contributed by atoms with Crippen LogP contribution in [0.4, 0.5) is 17.1 Å². The fourth-order valence-corrected chi connectivity index (χ4v) is 8.08. The maximum atomic E-state index is 2.41. The van der Waals surface area contributed by atoms with Crippen molar-refractivity contribution in [2.75, 3.05) is 4.90 Å². The number of benzene rings is 9. The molecule has 0 saturated heterocycles. The number of hydrogen-bond acceptors (Lipinski definition) is 1. The van der Waals surface area contributed by atoms with E-state index < -0.39 is 0 Å². The lowest BCUT2D eigenvalue weighted by atomic mass is 9.98. The maximum Gasteiger partial charge on any atom is 0.0541 e. The fraction of sp³-hybridized carbons (Fsp3) is 0. The van der Waals surface area contributed by atoms with Gasteiger partial charge in [0.25, 0.3) is 0 Å². The SMILES string of the molecule is c1ccc(-c2ccc(N(c3ccc(-c4cccc(-c5ccccc5)c4)cc3)c3ccc(-c4ccccc4-n4c5ccccc5c5ccccc54)cc3)cc2)cc1. The van der Waals surface area contributed by atoms with Gasteiger partial charge in [0, 0.05) is 33.4 Å². The van der Waals surface area contributed by atoms with Crippen molar-refractivity contribution in [2.45, 2.75) is 0 Å². The first kappa shape index (κ1) is 33.2. The van der Waals surface area contributed by atoms with Gasteiger partial charge in [-0.25, -0.2) is 0 Å². The van der Waals surface area contributed by atoms with Crippen molar-refractivity contribution in [1.29, 1.82) is 0 Å². The van der Waals surface area contributed by atoms with Crippen LogP contribution in [0.1, 0.15) is 0 Å². The summed E-state index contributed by atoms with van der Waals surface area (Å²) in [4.78, 5) is 2.35. The highest BCUT2D eigenvalue weighted by atomic mass is 15.1. The van der Waals surface area contributed by atoms with Crippen LogP contribution in [0.3, 0.4) is 0 Å². The molecular weight excluding hydrogens is 677 g/mol. The Balaban J connectivity index is 1.04.